The van der Waals surface area contributed by atoms with Crippen LogP contribution < -0.4 is 5.32 Å². The van der Waals surface area contributed by atoms with Crippen LogP contribution >= 0.6 is 11.3 Å². The van der Waals surface area contributed by atoms with Gasteiger partial charge >= 0.3 is 6.18 Å². The molecule has 1 aromatic heterocycles. The molecule has 7 heteroatoms. The van der Waals surface area contributed by atoms with Crippen LogP contribution in [0.25, 0.3) is 10.6 Å². The second-order valence-electron chi connectivity index (χ2n) is 4.83. The van der Waals surface area contributed by atoms with Gasteiger partial charge in [-0.25, -0.2) is 0 Å². The monoisotopic (exact) mass is 335 g/mol. The minimum Gasteiger partial charge on any atom is -0.356 e. The number of nitrogens with one attached hydrogen (secondary N) is 1. The molecule has 3 rings (SSSR count). The van der Waals surface area contributed by atoms with E-state index in [2.05, 4.69) is 15.5 Å². The normalized spacial score (nSPS) is 11.4. The quantitative estimate of drug-likeness (QED) is 0.742. The maximum Gasteiger partial charge on any atom is 0.416 e. The van der Waals surface area contributed by atoms with Crippen molar-refractivity contribution in [3.8, 4) is 10.6 Å². The molecule has 1 heterocycles. The van der Waals surface area contributed by atoms with Gasteiger partial charge in [0.05, 0.1) is 5.56 Å². The smallest absolute Gasteiger partial charge is 0.356 e. The highest BCUT2D eigenvalue weighted by Crippen LogP contribution is 2.30. The summed E-state index contributed by atoms with van der Waals surface area (Å²) in [6.45, 7) is 0.257. The van der Waals surface area contributed by atoms with Crippen molar-refractivity contribution in [2.45, 2.75) is 12.7 Å². The van der Waals surface area contributed by atoms with Gasteiger partial charge in [-0.3, -0.25) is 0 Å². The lowest BCUT2D eigenvalue weighted by Crippen LogP contribution is -2.06. The molecule has 0 radical (unpaired) electrons. The Morgan fingerprint density at radius 2 is 1.74 bits per heavy atom. The lowest BCUT2D eigenvalue weighted by atomic mass is 10.1. The van der Waals surface area contributed by atoms with Gasteiger partial charge in [0, 0.05) is 12.1 Å². The number of hydrogen-bond donors (Lipinski definition) is 1. The van der Waals surface area contributed by atoms with E-state index in [0.717, 1.165) is 22.7 Å². The molecule has 1 N–H and O–H groups in total. The summed E-state index contributed by atoms with van der Waals surface area (Å²) in [6, 6.07) is 14.8. The molecule has 0 aliphatic heterocycles. The Kier molecular flexibility index (Phi) is 4.29. The van der Waals surface area contributed by atoms with Gasteiger partial charge in [-0.05, 0) is 17.7 Å². The Balaban J connectivity index is 1.69. The van der Waals surface area contributed by atoms with Gasteiger partial charge in [0.1, 0.15) is 5.01 Å². The fourth-order valence-electron chi connectivity index (χ4n) is 2.03. The van der Waals surface area contributed by atoms with Gasteiger partial charge in [0.15, 0.2) is 0 Å². The number of rotatable bonds is 4. The minimum atomic E-state index is -4.33. The third kappa shape index (κ3) is 3.87. The van der Waals surface area contributed by atoms with E-state index >= 15 is 0 Å². The van der Waals surface area contributed by atoms with E-state index in [1.54, 1.807) is 6.07 Å². The molecular weight excluding hydrogens is 323 g/mol. The van der Waals surface area contributed by atoms with E-state index in [1.165, 1.54) is 17.4 Å². The van der Waals surface area contributed by atoms with Crippen LogP contribution in [0.4, 0.5) is 18.3 Å². The Bertz CT molecular complexity index is 785. The summed E-state index contributed by atoms with van der Waals surface area (Å²) in [5.41, 5.74) is 0.840. The van der Waals surface area contributed by atoms with Crippen LogP contribution in [0.5, 0.6) is 0 Å². The maximum absolute atomic E-state index is 12.7. The SMILES string of the molecule is FC(F)(F)c1cccc(CNc2nnc(-c3ccccc3)s2)c1. The first-order valence-electron chi connectivity index (χ1n) is 6.81. The van der Waals surface area contributed by atoms with Crippen LogP contribution in [0.1, 0.15) is 11.1 Å². The molecular formula is C16H12F3N3S. The molecule has 0 spiro atoms. The van der Waals surface area contributed by atoms with Crippen molar-refractivity contribution >= 4 is 16.5 Å². The standard InChI is InChI=1S/C16H12F3N3S/c17-16(18,19)13-8-4-5-11(9-13)10-20-15-22-21-14(23-15)12-6-2-1-3-7-12/h1-9H,10H2,(H,20,22). The molecule has 0 fully saturated rings. The molecule has 0 aliphatic rings. The van der Waals surface area contributed by atoms with Crippen LogP contribution in [0.3, 0.4) is 0 Å². The molecule has 0 unspecified atom stereocenters. The highest BCUT2D eigenvalue weighted by molar-refractivity contribution is 7.18. The fraction of sp³-hybridized carbons (Fsp3) is 0.125. The van der Waals surface area contributed by atoms with Gasteiger partial charge in [-0.1, -0.05) is 53.8 Å². The number of anilines is 1. The van der Waals surface area contributed by atoms with Crippen LogP contribution in [0.2, 0.25) is 0 Å². The molecule has 0 saturated carbocycles. The summed E-state index contributed by atoms with van der Waals surface area (Å²) >= 11 is 1.36. The first-order valence-corrected chi connectivity index (χ1v) is 7.63. The van der Waals surface area contributed by atoms with Crippen molar-refractivity contribution in [2.75, 3.05) is 5.32 Å². The van der Waals surface area contributed by atoms with E-state index in [4.69, 9.17) is 0 Å². The van der Waals surface area contributed by atoms with Crippen molar-refractivity contribution < 1.29 is 13.2 Å². The zero-order valence-corrected chi connectivity index (χ0v) is 12.7. The van der Waals surface area contributed by atoms with E-state index in [9.17, 15) is 13.2 Å². The molecule has 0 bridgehead atoms. The van der Waals surface area contributed by atoms with Crippen LogP contribution in [-0.2, 0) is 12.7 Å². The van der Waals surface area contributed by atoms with Gasteiger partial charge in [0.25, 0.3) is 0 Å². The molecule has 118 valence electrons. The van der Waals surface area contributed by atoms with E-state index in [-0.39, 0.29) is 6.54 Å². The Morgan fingerprint density at radius 3 is 2.48 bits per heavy atom. The van der Waals surface area contributed by atoms with Crippen molar-refractivity contribution in [1.82, 2.24) is 10.2 Å². The number of benzene rings is 2. The molecule has 0 amide bonds. The lowest BCUT2D eigenvalue weighted by Gasteiger charge is -2.08. The third-order valence-corrected chi connectivity index (χ3v) is 4.07. The van der Waals surface area contributed by atoms with Crippen molar-refractivity contribution in [1.29, 1.82) is 0 Å². The van der Waals surface area contributed by atoms with Gasteiger partial charge in [-0.2, -0.15) is 13.2 Å². The lowest BCUT2D eigenvalue weighted by molar-refractivity contribution is -0.137. The first-order chi connectivity index (χ1) is 11.0. The van der Waals surface area contributed by atoms with E-state index in [1.807, 2.05) is 30.3 Å². The summed E-state index contributed by atoms with van der Waals surface area (Å²) in [4.78, 5) is 0. The highest BCUT2D eigenvalue weighted by atomic mass is 32.1. The van der Waals surface area contributed by atoms with Gasteiger partial charge in [-0.15, -0.1) is 10.2 Å². The number of nitrogens with zero attached hydrogens (tertiary/aromatic N) is 2. The first kappa shape index (κ1) is 15.5. The largest absolute Gasteiger partial charge is 0.416 e. The van der Waals surface area contributed by atoms with Crippen LogP contribution in [-0.4, -0.2) is 10.2 Å². The topological polar surface area (TPSA) is 37.8 Å². The Labute approximate surface area is 134 Å². The van der Waals surface area contributed by atoms with Crippen LogP contribution in [0.15, 0.2) is 54.6 Å². The summed E-state index contributed by atoms with van der Waals surface area (Å²) in [5, 5.41) is 12.4. The van der Waals surface area contributed by atoms with Gasteiger partial charge in [0.2, 0.25) is 5.13 Å². The van der Waals surface area contributed by atoms with Crippen molar-refractivity contribution in [3.05, 3.63) is 65.7 Å². The number of halogens is 3. The third-order valence-electron chi connectivity index (χ3n) is 3.14. The summed E-state index contributed by atoms with van der Waals surface area (Å²) in [5.74, 6) is 0. The molecule has 2 aromatic carbocycles. The summed E-state index contributed by atoms with van der Waals surface area (Å²) < 4.78 is 38.0. The van der Waals surface area contributed by atoms with Crippen molar-refractivity contribution in [2.24, 2.45) is 0 Å². The van der Waals surface area contributed by atoms with E-state index < -0.39 is 11.7 Å². The van der Waals surface area contributed by atoms with E-state index in [0.29, 0.717) is 10.7 Å². The predicted octanol–water partition coefficient (Wildman–Crippen LogP) is 4.84. The molecule has 23 heavy (non-hydrogen) atoms. The zero-order chi connectivity index (χ0) is 16.3. The predicted molar refractivity (Wildman–Crippen MR) is 84.1 cm³/mol. The molecule has 0 atom stereocenters. The molecule has 3 nitrogen and oxygen atoms in total. The van der Waals surface area contributed by atoms with Gasteiger partial charge < -0.3 is 5.32 Å². The van der Waals surface area contributed by atoms with Crippen molar-refractivity contribution in [3.63, 3.8) is 0 Å². The number of aromatic nitrogens is 2. The molecule has 0 saturated heterocycles. The second kappa shape index (κ2) is 6.37. The highest BCUT2D eigenvalue weighted by Gasteiger charge is 2.30. The molecule has 3 aromatic rings. The number of alkyl halides is 3. The average Bonchev–Trinajstić information content (AvgIpc) is 3.02. The Hall–Kier alpha value is -2.41. The average molecular weight is 335 g/mol. The fourth-order valence-corrected chi connectivity index (χ4v) is 2.77. The molecule has 0 aliphatic carbocycles. The summed E-state index contributed by atoms with van der Waals surface area (Å²) in [6.07, 6.45) is -4.33. The van der Waals surface area contributed by atoms with Crippen LogP contribution in [0, 0.1) is 0 Å². The maximum atomic E-state index is 12.7. The second-order valence-corrected chi connectivity index (χ2v) is 5.81. The Morgan fingerprint density at radius 1 is 0.957 bits per heavy atom. The number of hydrogen-bond acceptors (Lipinski definition) is 4. The zero-order valence-electron chi connectivity index (χ0n) is 11.8. The minimum absolute atomic E-state index is 0.257. The summed E-state index contributed by atoms with van der Waals surface area (Å²) in [7, 11) is 0.